The number of hydrogen-bond acceptors (Lipinski definition) is 2. The molecule has 0 amide bonds. The lowest BCUT2D eigenvalue weighted by atomic mass is 10.1. The number of nitrogens with zero attached hydrogens (tertiary/aromatic N) is 2. The zero-order chi connectivity index (χ0) is 10.3. The van der Waals surface area contributed by atoms with Crippen LogP contribution in [0.15, 0.2) is 12.1 Å². The van der Waals surface area contributed by atoms with Crippen molar-refractivity contribution in [2.45, 2.75) is 13.8 Å². The number of rotatable bonds is 0. The molecule has 0 spiro atoms. The van der Waals surface area contributed by atoms with Gasteiger partial charge in [0.05, 0.1) is 16.6 Å². The van der Waals surface area contributed by atoms with E-state index in [1.54, 1.807) is 13.0 Å². The summed E-state index contributed by atoms with van der Waals surface area (Å²) in [5, 5.41) is 0.609. The summed E-state index contributed by atoms with van der Waals surface area (Å²) in [5.74, 6) is -0.306. The van der Waals surface area contributed by atoms with Crippen LogP contribution in [0.25, 0.3) is 10.9 Å². The molecule has 14 heavy (non-hydrogen) atoms. The van der Waals surface area contributed by atoms with Crippen molar-refractivity contribution in [2.24, 2.45) is 0 Å². The minimum absolute atomic E-state index is 0.156. The van der Waals surface area contributed by atoms with Crippen molar-refractivity contribution in [1.82, 2.24) is 9.97 Å². The third-order valence-electron chi connectivity index (χ3n) is 2.15. The van der Waals surface area contributed by atoms with Crippen LogP contribution in [0, 0.1) is 19.7 Å². The number of aromatic nitrogens is 2. The van der Waals surface area contributed by atoms with E-state index in [4.69, 9.17) is 11.6 Å². The molecule has 0 bridgehead atoms. The summed E-state index contributed by atoms with van der Waals surface area (Å²) in [4.78, 5) is 7.93. The normalized spacial score (nSPS) is 10.9. The van der Waals surface area contributed by atoms with Crippen LogP contribution < -0.4 is 0 Å². The first-order chi connectivity index (χ1) is 6.59. The summed E-state index contributed by atoms with van der Waals surface area (Å²) in [7, 11) is 0. The van der Waals surface area contributed by atoms with Crippen molar-refractivity contribution in [3.8, 4) is 0 Å². The first kappa shape index (κ1) is 9.34. The maximum Gasteiger partial charge on any atom is 0.223 e. The second-order valence-electron chi connectivity index (χ2n) is 3.17. The van der Waals surface area contributed by atoms with Crippen LogP contribution in [-0.2, 0) is 0 Å². The molecule has 0 unspecified atom stereocenters. The molecule has 0 aliphatic heterocycles. The molecular weight excluding hydrogens is 203 g/mol. The fourth-order valence-corrected chi connectivity index (χ4v) is 1.68. The van der Waals surface area contributed by atoms with Crippen LogP contribution in [-0.4, -0.2) is 9.97 Å². The maximum atomic E-state index is 13.4. The Morgan fingerprint density at radius 1 is 1.21 bits per heavy atom. The predicted octanol–water partition coefficient (Wildman–Crippen LogP) is 3.04. The Labute approximate surface area is 85.8 Å². The molecule has 0 saturated carbocycles. The van der Waals surface area contributed by atoms with E-state index in [9.17, 15) is 4.39 Å². The molecule has 0 radical (unpaired) electrons. The van der Waals surface area contributed by atoms with Gasteiger partial charge in [-0.05, 0) is 37.1 Å². The predicted molar refractivity (Wildman–Crippen MR) is 54.0 cm³/mol. The van der Waals surface area contributed by atoms with Gasteiger partial charge in [0, 0.05) is 0 Å². The van der Waals surface area contributed by atoms with Gasteiger partial charge in [0.15, 0.2) is 0 Å². The van der Waals surface area contributed by atoms with Gasteiger partial charge in [-0.25, -0.2) is 14.4 Å². The van der Waals surface area contributed by atoms with Crippen molar-refractivity contribution < 1.29 is 4.39 Å². The number of benzene rings is 1. The van der Waals surface area contributed by atoms with Crippen LogP contribution in [0.1, 0.15) is 11.3 Å². The number of aryl methyl sites for hydroxylation is 2. The lowest BCUT2D eigenvalue weighted by Crippen LogP contribution is -1.94. The highest BCUT2D eigenvalue weighted by Gasteiger charge is 2.09. The Kier molecular flexibility index (Phi) is 2.11. The van der Waals surface area contributed by atoms with Gasteiger partial charge in [-0.15, -0.1) is 0 Å². The molecule has 72 valence electrons. The average Bonchev–Trinajstić information content (AvgIpc) is 2.10. The standard InChI is InChI=1S/C10H8ClFN2/c1-5-3-4-7(12)8-6(2)13-10(11)14-9(5)8/h3-4H,1-2H3. The van der Waals surface area contributed by atoms with E-state index in [-0.39, 0.29) is 11.1 Å². The van der Waals surface area contributed by atoms with Gasteiger partial charge in [-0.1, -0.05) is 6.07 Å². The fourth-order valence-electron chi connectivity index (χ4n) is 1.47. The van der Waals surface area contributed by atoms with Gasteiger partial charge >= 0.3 is 0 Å². The summed E-state index contributed by atoms with van der Waals surface area (Å²) in [6.07, 6.45) is 0. The van der Waals surface area contributed by atoms with E-state index in [1.807, 2.05) is 6.92 Å². The Hall–Kier alpha value is -1.22. The molecule has 0 N–H and O–H groups in total. The third-order valence-corrected chi connectivity index (χ3v) is 2.32. The van der Waals surface area contributed by atoms with Gasteiger partial charge in [0.1, 0.15) is 5.82 Å². The molecule has 2 rings (SSSR count). The van der Waals surface area contributed by atoms with Crippen molar-refractivity contribution in [1.29, 1.82) is 0 Å². The van der Waals surface area contributed by atoms with Crippen LogP contribution >= 0.6 is 11.6 Å². The van der Waals surface area contributed by atoms with Gasteiger partial charge in [-0.2, -0.15) is 0 Å². The molecule has 4 heteroatoms. The van der Waals surface area contributed by atoms with Crippen LogP contribution in [0.4, 0.5) is 4.39 Å². The highest BCUT2D eigenvalue weighted by molar-refractivity contribution is 6.28. The van der Waals surface area contributed by atoms with Gasteiger partial charge in [-0.3, -0.25) is 0 Å². The topological polar surface area (TPSA) is 25.8 Å². The molecule has 0 atom stereocenters. The fraction of sp³-hybridized carbons (Fsp3) is 0.200. The molecule has 0 aliphatic carbocycles. The first-order valence-electron chi connectivity index (χ1n) is 4.18. The molecule has 1 heterocycles. The second-order valence-corrected chi connectivity index (χ2v) is 3.50. The molecule has 0 aliphatic rings. The van der Waals surface area contributed by atoms with Gasteiger partial charge < -0.3 is 0 Å². The van der Waals surface area contributed by atoms with Gasteiger partial charge in [0.25, 0.3) is 0 Å². The lowest BCUT2D eigenvalue weighted by molar-refractivity contribution is 0.638. The van der Waals surface area contributed by atoms with Crippen LogP contribution in [0.3, 0.4) is 0 Å². The van der Waals surface area contributed by atoms with E-state index in [0.29, 0.717) is 16.6 Å². The Bertz CT molecular complexity index is 511. The number of fused-ring (bicyclic) bond motifs is 1. The van der Waals surface area contributed by atoms with Crippen LogP contribution in [0.2, 0.25) is 5.28 Å². The molecule has 1 aromatic carbocycles. The summed E-state index contributed by atoms with van der Waals surface area (Å²) in [6, 6.07) is 3.10. The van der Waals surface area contributed by atoms with Crippen molar-refractivity contribution in [3.05, 3.63) is 34.5 Å². The van der Waals surface area contributed by atoms with Crippen molar-refractivity contribution in [2.75, 3.05) is 0 Å². The SMILES string of the molecule is Cc1ccc(F)c2c(C)nc(Cl)nc12. The zero-order valence-electron chi connectivity index (χ0n) is 7.81. The van der Waals surface area contributed by atoms with Crippen molar-refractivity contribution >= 4 is 22.5 Å². The lowest BCUT2D eigenvalue weighted by Gasteiger charge is -2.05. The quantitative estimate of drug-likeness (QED) is 0.625. The smallest absolute Gasteiger partial charge is 0.223 e. The third kappa shape index (κ3) is 1.34. The largest absolute Gasteiger partial charge is 0.223 e. The zero-order valence-corrected chi connectivity index (χ0v) is 8.56. The summed E-state index contributed by atoms with van der Waals surface area (Å²) in [5.41, 5.74) is 2.05. The first-order valence-corrected chi connectivity index (χ1v) is 4.56. The molecule has 2 aromatic rings. The monoisotopic (exact) mass is 210 g/mol. The maximum absolute atomic E-state index is 13.4. The Morgan fingerprint density at radius 3 is 2.64 bits per heavy atom. The van der Waals surface area contributed by atoms with E-state index in [2.05, 4.69) is 9.97 Å². The van der Waals surface area contributed by atoms with Gasteiger partial charge in [0.2, 0.25) is 5.28 Å². The Balaban J connectivity index is 3.00. The minimum Gasteiger partial charge on any atom is -0.223 e. The average molecular weight is 211 g/mol. The second kappa shape index (κ2) is 3.17. The summed E-state index contributed by atoms with van der Waals surface area (Å²) < 4.78 is 13.4. The van der Waals surface area contributed by atoms with E-state index >= 15 is 0 Å². The van der Waals surface area contributed by atoms with Crippen molar-refractivity contribution in [3.63, 3.8) is 0 Å². The summed E-state index contributed by atoms with van der Waals surface area (Å²) in [6.45, 7) is 3.59. The molecule has 0 fully saturated rings. The number of halogens is 2. The van der Waals surface area contributed by atoms with E-state index < -0.39 is 0 Å². The molecule has 0 saturated heterocycles. The Morgan fingerprint density at radius 2 is 1.93 bits per heavy atom. The van der Waals surface area contributed by atoms with E-state index in [0.717, 1.165) is 5.56 Å². The summed E-state index contributed by atoms with van der Waals surface area (Å²) >= 11 is 5.70. The molecule has 1 aromatic heterocycles. The molecular formula is C10H8ClFN2. The molecule has 2 nitrogen and oxygen atoms in total. The number of hydrogen-bond donors (Lipinski definition) is 0. The highest BCUT2D eigenvalue weighted by atomic mass is 35.5. The highest BCUT2D eigenvalue weighted by Crippen LogP contribution is 2.23. The minimum atomic E-state index is -0.306. The van der Waals surface area contributed by atoms with E-state index in [1.165, 1.54) is 6.07 Å². The van der Waals surface area contributed by atoms with Crippen LogP contribution in [0.5, 0.6) is 0 Å².